The third-order valence-corrected chi connectivity index (χ3v) is 3.83. The van der Waals surface area contributed by atoms with Gasteiger partial charge in [0.1, 0.15) is 11.4 Å². The lowest BCUT2D eigenvalue weighted by Gasteiger charge is -2.19. The van der Waals surface area contributed by atoms with Crippen LogP contribution in [0.25, 0.3) is 11.3 Å². The minimum Gasteiger partial charge on any atom is -0.497 e. The van der Waals surface area contributed by atoms with Crippen molar-refractivity contribution in [1.82, 2.24) is 9.78 Å². The Kier molecular flexibility index (Phi) is 5.37. The molecule has 0 fully saturated rings. The predicted molar refractivity (Wildman–Crippen MR) is 93.5 cm³/mol. The van der Waals surface area contributed by atoms with Crippen LogP contribution in [0.15, 0.2) is 24.3 Å². The van der Waals surface area contributed by atoms with Crippen molar-refractivity contribution >= 4 is 33.6 Å². The van der Waals surface area contributed by atoms with Gasteiger partial charge in [0, 0.05) is 10.9 Å². The number of hydrogen-bond donors (Lipinski definition) is 0. The molecule has 0 N–H and O–H groups in total. The van der Waals surface area contributed by atoms with Crippen LogP contribution >= 0.6 is 27.5 Å². The topological polar surface area (TPSA) is 53.4 Å². The highest BCUT2D eigenvalue weighted by atomic mass is 79.9. The van der Waals surface area contributed by atoms with Gasteiger partial charge in [-0.3, -0.25) is 0 Å². The second-order valence-corrected chi connectivity index (χ2v) is 6.86. The maximum absolute atomic E-state index is 12.3. The van der Waals surface area contributed by atoms with Crippen LogP contribution < -0.4 is 4.74 Å². The zero-order valence-electron chi connectivity index (χ0n) is 13.4. The maximum Gasteiger partial charge on any atom is 0.435 e. The quantitative estimate of drug-likeness (QED) is 0.687. The first kappa shape index (κ1) is 17.8. The molecule has 1 aromatic carbocycles. The Morgan fingerprint density at radius 1 is 1.35 bits per heavy atom. The minimum absolute atomic E-state index is 0.465. The highest BCUT2D eigenvalue weighted by molar-refractivity contribution is 9.08. The van der Waals surface area contributed by atoms with Gasteiger partial charge in [-0.05, 0) is 45.0 Å². The lowest BCUT2D eigenvalue weighted by atomic mass is 10.1. The van der Waals surface area contributed by atoms with Crippen LogP contribution in [0, 0.1) is 0 Å². The summed E-state index contributed by atoms with van der Waals surface area (Å²) in [7, 11) is 1.57. The van der Waals surface area contributed by atoms with Crippen LogP contribution in [-0.4, -0.2) is 28.6 Å². The smallest absolute Gasteiger partial charge is 0.435 e. The number of carbonyl (C=O) groups is 1. The third-order valence-electron chi connectivity index (χ3n) is 2.94. The Labute approximate surface area is 148 Å². The van der Waals surface area contributed by atoms with E-state index in [9.17, 15) is 4.79 Å². The molecule has 0 radical (unpaired) electrons. The first-order valence-corrected chi connectivity index (χ1v) is 8.47. The first-order valence-electron chi connectivity index (χ1n) is 6.97. The van der Waals surface area contributed by atoms with E-state index in [1.807, 2.05) is 20.8 Å². The van der Waals surface area contributed by atoms with Gasteiger partial charge in [-0.25, -0.2) is 4.79 Å². The van der Waals surface area contributed by atoms with Crippen molar-refractivity contribution in [3.63, 3.8) is 0 Å². The van der Waals surface area contributed by atoms with Gasteiger partial charge in [-0.1, -0.05) is 27.5 Å². The Morgan fingerprint density at radius 3 is 2.57 bits per heavy atom. The molecule has 0 aliphatic heterocycles. The molecular formula is C16H18BrClN2O3. The molecule has 0 atom stereocenters. The van der Waals surface area contributed by atoms with E-state index in [-0.39, 0.29) is 0 Å². The van der Waals surface area contributed by atoms with Crippen molar-refractivity contribution in [3.05, 3.63) is 35.0 Å². The lowest BCUT2D eigenvalue weighted by Crippen LogP contribution is -2.28. The van der Waals surface area contributed by atoms with E-state index in [0.29, 0.717) is 27.5 Å². The Bertz CT molecular complexity index is 723. The van der Waals surface area contributed by atoms with Gasteiger partial charge in [-0.15, -0.1) is 0 Å². The summed E-state index contributed by atoms with van der Waals surface area (Å²) in [6.45, 7) is 5.43. The van der Waals surface area contributed by atoms with Crippen molar-refractivity contribution in [2.45, 2.75) is 31.7 Å². The standard InChI is InChI=1S/C16H18BrClN2O3/c1-16(2,3)23-15(21)20-10(9-17)7-14(19-20)12-6-5-11(22-4)8-13(12)18/h5-8H,9H2,1-4H3. The van der Waals surface area contributed by atoms with Gasteiger partial charge in [0.05, 0.1) is 23.5 Å². The molecule has 23 heavy (non-hydrogen) atoms. The van der Waals surface area contributed by atoms with Gasteiger partial charge in [-0.2, -0.15) is 9.78 Å². The number of carbonyl (C=O) groups excluding carboxylic acids is 1. The molecule has 1 aromatic heterocycles. The molecule has 0 spiro atoms. The number of methoxy groups -OCH3 is 1. The second-order valence-electron chi connectivity index (χ2n) is 5.89. The molecule has 2 rings (SSSR count). The number of hydrogen-bond acceptors (Lipinski definition) is 4. The number of benzene rings is 1. The molecular weight excluding hydrogens is 384 g/mol. The van der Waals surface area contributed by atoms with Crippen LogP contribution in [0.2, 0.25) is 5.02 Å². The van der Waals surface area contributed by atoms with Gasteiger partial charge in [0.25, 0.3) is 0 Å². The number of rotatable bonds is 3. The summed E-state index contributed by atoms with van der Waals surface area (Å²) in [5, 5.41) is 5.30. The van der Waals surface area contributed by atoms with Crippen LogP contribution in [0.3, 0.4) is 0 Å². The van der Waals surface area contributed by atoms with Gasteiger partial charge < -0.3 is 9.47 Å². The fraction of sp³-hybridized carbons (Fsp3) is 0.375. The molecule has 124 valence electrons. The number of alkyl halides is 1. The van der Waals surface area contributed by atoms with Crippen molar-refractivity contribution in [2.75, 3.05) is 7.11 Å². The van der Waals surface area contributed by atoms with Gasteiger partial charge >= 0.3 is 6.09 Å². The van der Waals surface area contributed by atoms with E-state index < -0.39 is 11.7 Å². The summed E-state index contributed by atoms with van der Waals surface area (Å²) in [5.41, 5.74) is 1.40. The second kappa shape index (κ2) is 6.93. The zero-order valence-corrected chi connectivity index (χ0v) is 15.7. The van der Waals surface area contributed by atoms with E-state index in [1.54, 1.807) is 31.4 Å². The molecule has 0 saturated heterocycles. The van der Waals surface area contributed by atoms with Crippen molar-refractivity contribution in [3.8, 4) is 17.0 Å². The SMILES string of the molecule is COc1ccc(-c2cc(CBr)n(C(=O)OC(C)(C)C)n2)c(Cl)c1. The number of ether oxygens (including phenoxy) is 2. The van der Waals surface area contributed by atoms with E-state index in [2.05, 4.69) is 21.0 Å². The van der Waals surface area contributed by atoms with Crippen molar-refractivity contribution < 1.29 is 14.3 Å². The summed E-state index contributed by atoms with van der Waals surface area (Å²) in [5.74, 6) is 0.658. The average molecular weight is 402 g/mol. The Hall–Kier alpha value is -1.53. The Morgan fingerprint density at radius 2 is 2.04 bits per heavy atom. The fourth-order valence-electron chi connectivity index (χ4n) is 1.94. The van der Waals surface area contributed by atoms with Crippen molar-refractivity contribution in [2.24, 2.45) is 0 Å². The van der Waals surface area contributed by atoms with E-state index >= 15 is 0 Å². The summed E-state index contributed by atoms with van der Waals surface area (Å²) < 4.78 is 11.8. The largest absolute Gasteiger partial charge is 0.497 e. The average Bonchev–Trinajstić information content (AvgIpc) is 2.89. The molecule has 7 heteroatoms. The fourth-order valence-corrected chi connectivity index (χ4v) is 2.61. The third kappa shape index (κ3) is 4.26. The van der Waals surface area contributed by atoms with Crippen molar-refractivity contribution in [1.29, 1.82) is 0 Å². The molecule has 0 bridgehead atoms. The summed E-state index contributed by atoms with van der Waals surface area (Å²) >= 11 is 9.64. The molecule has 0 unspecified atom stereocenters. The normalized spacial score (nSPS) is 11.4. The molecule has 1 heterocycles. The molecule has 5 nitrogen and oxygen atoms in total. The zero-order chi connectivity index (χ0) is 17.2. The molecule has 0 aliphatic carbocycles. The number of aromatic nitrogens is 2. The van der Waals surface area contributed by atoms with E-state index in [4.69, 9.17) is 21.1 Å². The van der Waals surface area contributed by atoms with E-state index in [0.717, 1.165) is 5.56 Å². The van der Waals surface area contributed by atoms with Crippen LogP contribution in [0.1, 0.15) is 26.5 Å². The highest BCUT2D eigenvalue weighted by Crippen LogP contribution is 2.31. The maximum atomic E-state index is 12.3. The van der Waals surface area contributed by atoms with Crippen LogP contribution in [0.4, 0.5) is 4.79 Å². The molecule has 2 aromatic rings. The van der Waals surface area contributed by atoms with Crippen LogP contribution in [0.5, 0.6) is 5.75 Å². The van der Waals surface area contributed by atoms with Gasteiger partial charge in [0.2, 0.25) is 0 Å². The number of halogens is 2. The highest BCUT2D eigenvalue weighted by Gasteiger charge is 2.22. The lowest BCUT2D eigenvalue weighted by molar-refractivity contribution is 0.0511. The molecule has 0 amide bonds. The van der Waals surface area contributed by atoms with Crippen LogP contribution in [-0.2, 0) is 10.1 Å². The first-order chi connectivity index (χ1) is 10.7. The van der Waals surface area contributed by atoms with E-state index in [1.165, 1.54) is 4.68 Å². The molecule has 0 saturated carbocycles. The predicted octanol–water partition coefficient (Wildman–Crippen LogP) is 4.89. The summed E-state index contributed by atoms with van der Waals surface area (Å²) in [6.07, 6.45) is -0.525. The Balaban J connectivity index is 2.41. The summed E-state index contributed by atoms with van der Waals surface area (Å²) in [6, 6.07) is 7.10. The molecule has 0 aliphatic rings. The minimum atomic E-state index is -0.593. The summed E-state index contributed by atoms with van der Waals surface area (Å²) in [4.78, 5) is 12.3. The monoisotopic (exact) mass is 400 g/mol. The van der Waals surface area contributed by atoms with Gasteiger partial charge in [0.15, 0.2) is 0 Å². The number of nitrogens with zero attached hydrogens (tertiary/aromatic N) is 2.